The van der Waals surface area contributed by atoms with Crippen LogP contribution in [-0.2, 0) is 9.84 Å². The van der Waals surface area contributed by atoms with Crippen molar-refractivity contribution in [2.75, 3.05) is 20.0 Å². The van der Waals surface area contributed by atoms with Crippen molar-refractivity contribution in [1.82, 2.24) is 0 Å². The van der Waals surface area contributed by atoms with Gasteiger partial charge in [0, 0.05) is 0 Å². The third-order valence-electron chi connectivity index (χ3n) is 2.86. The molecule has 0 radical (unpaired) electrons. The number of para-hydroxylation sites is 1. The van der Waals surface area contributed by atoms with E-state index in [1.807, 2.05) is 0 Å². The summed E-state index contributed by atoms with van der Waals surface area (Å²) in [6, 6.07) is 11.1. The minimum atomic E-state index is -3.83. The summed E-state index contributed by atoms with van der Waals surface area (Å²) in [7, 11) is -1.02. The summed E-state index contributed by atoms with van der Waals surface area (Å²) >= 11 is 0. The van der Waals surface area contributed by atoms with Crippen LogP contribution in [0.15, 0.2) is 52.3 Å². The van der Waals surface area contributed by atoms with E-state index in [4.69, 9.17) is 15.2 Å². The maximum Gasteiger partial charge on any atom is 0.215 e. The number of benzene rings is 2. The number of anilines is 1. The molecule has 2 rings (SSSR count). The largest absolute Gasteiger partial charge is 0.495 e. The zero-order valence-corrected chi connectivity index (χ0v) is 12.0. The molecule has 0 aliphatic rings. The van der Waals surface area contributed by atoms with Crippen molar-refractivity contribution < 1.29 is 17.9 Å². The summed E-state index contributed by atoms with van der Waals surface area (Å²) in [5, 5.41) is 0. The zero-order valence-electron chi connectivity index (χ0n) is 11.2. The van der Waals surface area contributed by atoms with E-state index < -0.39 is 9.84 Å². The van der Waals surface area contributed by atoms with E-state index in [2.05, 4.69) is 0 Å². The molecule has 2 aromatic rings. The molecule has 106 valence electrons. The number of rotatable bonds is 4. The van der Waals surface area contributed by atoms with Gasteiger partial charge in [-0.05, 0) is 24.3 Å². The van der Waals surface area contributed by atoms with Gasteiger partial charge in [0.25, 0.3) is 0 Å². The number of hydrogen-bond donors (Lipinski definition) is 1. The van der Waals surface area contributed by atoms with Gasteiger partial charge in [0.1, 0.15) is 11.5 Å². The lowest BCUT2D eigenvalue weighted by atomic mass is 10.3. The van der Waals surface area contributed by atoms with Crippen LogP contribution in [-0.4, -0.2) is 22.6 Å². The quantitative estimate of drug-likeness (QED) is 0.874. The first-order valence-electron chi connectivity index (χ1n) is 5.83. The summed E-state index contributed by atoms with van der Waals surface area (Å²) < 4.78 is 35.8. The smallest absolute Gasteiger partial charge is 0.215 e. The van der Waals surface area contributed by atoms with E-state index >= 15 is 0 Å². The fraction of sp³-hybridized carbons (Fsp3) is 0.143. The van der Waals surface area contributed by atoms with E-state index in [1.165, 1.54) is 26.4 Å². The maximum absolute atomic E-state index is 12.8. The molecule has 0 heterocycles. The molecule has 5 nitrogen and oxygen atoms in total. The fourth-order valence-corrected chi connectivity index (χ4v) is 3.61. The van der Waals surface area contributed by atoms with E-state index in [-0.39, 0.29) is 27.0 Å². The molecule has 0 aliphatic heterocycles. The van der Waals surface area contributed by atoms with Crippen molar-refractivity contribution in [3.8, 4) is 11.5 Å². The number of sulfone groups is 1. The molecule has 0 fully saturated rings. The molecule has 6 heteroatoms. The third kappa shape index (κ3) is 2.30. The Hall–Kier alpha value is -2.21. The van der Waals surface area contributed by atoms with E-state index in [0.29, 0.717) is 0 Å². The second-order valence-corrected chi connectivity index (χ2v) is 5.89. The highest BCUT2D eigenvalue weighted by molar-refractivity contribution is 7.91. The highest BCUT2D eigenvalue weighted by atomic mass is 32.2. The van der Waals surface area contributed by atoms with Gasteiger partial charge in [-0.1, -0.05) is 18.2 Å². The van der Waals surface area contributed by atoms with Crippen molar-refractivity contribution in [2.24, 2.45) is 0 Å². The highest BCUT2D eigenvalue weighted by Gasteiger charge is 2.28. The average Bonchev–Trinajstić information content (AvgIpc) is 2.46. The molecular formula is C14H15NO4S. The molecule has 0 aliphatic carbocycles. The Morgan fingerprint density at radius 1 is 0.900 bits per heavy atom. The molecule has 0 saturated carbocycles. The van der Waals surface area contributed by atoms with Gasteiger partial charge in [0.05, 0.1) is 24.8 Å². The SMILES string of the molecule is COc1cccc(OC)c1S(=O)(=O)c1ccccc1N. The summed E-state index contributed by atoms with van der Waals surface area (Å²) in [5.41, 5.74) is 5.95. The van der Waals surface area contributed by atoms with Crippen LogP contribution in [0.1, 0.15) is 0 Å². The molecular weight excluding hydrogens is 278 g/mol. The summed E-state index contributed by atoms with van der Waals surface area (Å²) in [5.74, 6) is 0.431. The Morgan fingerprint density at radius 3 is 1.95 bits per heavy atom. The van der Waals surface area contributed by atoms with Crippen LogP contribution < -0.4 is 15.2 Å². The van der Waals surface area contributed by atoms with Crippen molar-refractivity contribution in [2.45, 2.75) is 9.79 Å². The van der Waals surface area contributed by atoms with Crippen LogP contribution in [0.25, 0.3) is 0 Å². The standard InChI is InChI=1S/C14H15NO4S/c1-18-11-7-5-8-12(19-2)14(11)20(16,17)13-9-4-3-6-10(13)15/h3-9H,15H2,1-2H3. The van der Waals surface area contributed by atoms with Crippen LogP contribution in [0.5, 0.6) is 11.5 Å². The Morgan fingerprint density at radius 2 is 1.45 bits per heavy atom. The second-order valence-electron chi connectivity index (χ2n) is 4.03. The Kier molecular flexibility index (Phi) is 3.85. The predicted molar refractivity (Wildman–Crippen MR) is 75.9 cm³/mol. The van der Waals surface area contributed by atoms with Gasteiger partial charge in [0.15, 0.2) is 4.90 Å². The van der Waals surface area contributed by atoms with Crippen LogP contribution in [0.2, 0.25) is 0 Å². The molecule has 0 saturated heterocycles. The molecule has 0 atom stereocenters. The zero-order chi connectivity index (χ0) is 14.8. The van der Waals surface area contributed by atoms with Crippen molar-refractivity contribution >= 4 is 15.5 Å². The van der Waals surface area contributed by atoms with Gasteiger partial charge in [-0.3, -0.25) is 0 Å². The Bertz CT molecular complexity index is 703. The van der Waals surface area contributed by atoms with Gasteiger partial charge in [-0.25, -0.2) is 8.42 Å². The van der Waals surface area contributed by atoms with Crippen LogP contribution in [0.3, 0.4) is 0 Å². The summed E-state index contributed by atoms with van der Waals surface area (Å²) in [4.78, 5) is 0.00528. The van der Waals surface area contributed by atoms with Crippen molar-refractivity contribution in [3.63, 3.8) is 0 Å². The topological polar surface area (TPSA) is 78.6 Å². The van der Waals surface area contributed by atoms with Crippen molar-refractivity contribution in [3.05, 3.63) is 42.5 Å². The lowest BCUT2D eigenvalue weighted by Crippen LogP contribution is -2.08. The summed E-state index contributed by atoms with van der Waals surface area (Å²) in [6.45, 7) is 0. The third-order valence-corrected chi connectivity index (χ3v) is 4.75. The molecule has 0 unspecified atom stereocenters. The average molecular weight is 293 g/mol. The molecule has 0 amide bonds. The molecule has 0 spiro atoms. The molecule has 2 N–H and O–H groups in total. The number of nitrogens with two attached hydrogens (primary N) is 1. The number of ether oxygens (including phenoxy) is 2. The minimum Gasteiger partial charge on any atom is -0.495 e. The molecule has 0 bridgehead atoms. The predicted octanol–water partition coefficient (Wildman–Crippen LogP) is 2.12. The second kappa shape index (κ2) is 5.42. The van der Waals surface area contributed by atoms with Gasteiger partial charge >= 0.3 is 0 Å². The fourth-order valence-electron chi connectivity index (χ4n) is 1.92. The monoisotopic (exact) mass is 293 g/mol. The normalized spacial score (nSPS) is 11.1. The van der Waals surface area contributed by atoms with Crippen LogP contribution in [0, 0.1) is 0 Å². The number of nitrogen functional groups attached to an aromatic ring is 1. The Balaban J connectivity index is 2.76. The first kappa shape index (κ1) is 14.2. The van der Waals surface area contributed by atoms with Gasteiger partial charge in [-0.15, -0.1) is 0 Å². The molecule has 0 aromatic heterocycles. The van der Waals surface area contributed by atoms with E-state index in [0.717, 1.165) is 0 Å². The van der Waals surface area contributed by atoms with E-state index in [1.54, 1.807) is 30.3 Å². The highest BCUT2D eigenvalue weighted by Crippen LogP contribution is 2.38. The van der Waals surface area contributed by atoms with Gasteiger partial charge in [-0.2, -0.15) is 0 Å². The van der Waals surface area contributed by atoms with E-state index in [9.17, 15) is 8.42 Å². The van der Waals surface area contributed by atoms with Gasteiger partial charge < -0.3 is 15.2 Å². The van der Waals surface area contributed by atoms with Crippen LogP contribution in [0.4, 0.5) is 5.69 Å². The Labute approximate surface area is 117 Å². The molecule has 20 heavy (non-hydrogen) atoms. The summed E-state index contributed by atoms with van der Waals surface area (Å²) in [6.07, 6.45) is 0. The maximum atomic E-state index is 12.8. The van der Waals surface area contributed by atoms with Crippen molar-refractivity contribution in [1.29, 1.82) is 0 Å². The number of hydrogen-bond acceptors (Lipinski definition) is 5. The first-order valence-corrected chi connectivity index (χ1v) is 7.31. The van der Waals surface area contributed by atoms with Crippen LogP contribution >= 0.6 is 0 Å². The number of methoxy groups -OCH3 is 2. The first-order chi connectivity index (χ1) is 9.52. The molecule has 2 aromatic carbocycles. The lowest BCUT2D eigenvalue weighted by Gasteiger charge is -2.14. The lowest BCUT2D eigenvalue weighted by molar-refractivity contribution is 0.373. The van der Waals surface area contributed by atoms with Gasteiger partial charge in [0.2, 0.25) is 9.84 Å². The minimum absolute atomic E-state index is 0.0251.